The minimum absolute atomic E-state index is 0.189. The Kier molecular flexibility index (Phi) is 5.31. The second kappa shape index (κ2) is 8.17. The van der Waals surface area contributed by atoms with E-state index in [1.807, 2.05) is 24.4 Å². The Bertz CT molecular complexity index is 1150. The van der Waals surface area contributed by atoms with Gasteiger partial charge in [-0.25, -0.2) is 5.43 Å². The minimum atomic E-state index is -0.409. The van der Waals surface area contributed by atoms with E-state index in [2.05, 4.69) is 38.1 Å². The van der Waals surface area contributed by atoms with Gasteiger partial charge in [-0.3, -0.25) is 4.79 Å². The van der Waals surface area contributed by atoms with Crippen LogP contribution in [0.2, 0.25) is 0 Å². The quantitative estimate of drug-likeness (QED) is 0.233. The van der Waals surface area contributed by atoms with Crippen LogP contribution in [-0.2, 0) is 6.42 Å². The van der Waals surface area contributed by atoms with Crippen LogP contribution in [-0.4, -0.2) is 24.5 Å². The highest BCUT2D eigenvalue weighted by Crippen LogP contribution is 2.63. The van der Waals surface area contributed by atoms with E-state index >= 15 is 0 Å². The smallest absolute Gasteiger partial charge is 0.272 e. The van der Waals surface area contributed by atoms with Gasteiger partial charge in [-0.15, -0.1) is 0 Å². The molecule has 0 aromatic heterocycles. The van der Waals surface area contributed by atoms with Gasteiger partial charge in [0.15, 0.2) is 0 Å². The summed E-state index contributed by atoms with van der Waals surface area (Å²) in [5.41, 5.74) is 30.3. The fourth-order valence-corrected chi connectivity index (χ4v) is 6.90. The van der Waals surface area contributed by atoms with Crippen molar-refractivity contribution in [2.75, 3.05) is 13.1 Å². The number of azide groups is 1. The number of benzene rings is 1. The summed E-state index contributed by atoms with van der Waals surface area (Å²) >= 11 is 0. The molecule has 1 amide bonds. The molecule has 0 radical (unpaired) electrons. The molecule has 5 N–H and O–H groups in total. The number of rotatable bonds is 5. The average molecular weight is 445 g/mol. The van der Waals surface area contributed by atoms with Crippen molar-refractivity contribution in [1.29, 1.82) is 5.53 Å². The number of allylic oxidation sites excluding steroid dienone is 3. The predicted octanol–water partition coefficient (Wildman–Crippen LogP) is 4.17. The van der Waals surface area contributed by atoms with Gasteiger partial charge >= 0.3 is 0 Å². The Morgan fingerprint density at radius 1 is 1.39 bits per heavy atom. The van der Waals surface area contributed by atoms with Crippen LogP contribution in [0, 0.1) is 16.9 Å². The monoisotopic (exact) mass is 444 g/mol. The molecule has 4 atom stereocenters. The molecule has 1 fully saturated rings. The number of carbonyl (C=O) groups is 1. The van der Waals surface area contributed by atoms with Crippen LogP contribution >= 0.6 is 0 Å². The van der Waals surface area contributed by atoms with Crippen LogP contribution in [0.1, 0.15) is 53.1 Å². The lowest BCUT2D eigenvalue weighted by Crippen LogP contribution is -2.62. The maximum atomic E-state index is 12.1. The second-order valence-electron chi connectivity index (χ2n) is 9.55. The average Bonchev–Trinajstić information content (AvgIpc) is 3.23. The van der Waals surface area contributed by atoms with Crippen molar-refractivity contribution in [3.8, 4) is 0 Å². The molecule has 4 aliphatic rings. The molecule has 3 aliphatic carbocycles. The summed E-state index contributed by atoms with van der Waals surface area (Å²) in [6.07, 6.45) is 12.8. The number of nitrogens with one attached hydrogen (secondary N) is 3. The summed E-state index contributed by atoms with van der Waals surface area (Å²) in [5.74, 6) is 0.00581. The Morgan fingerprint density at radius 3 is 3.03 bits per heavy atom. The molecule has 0 spiro atoms. The number of nitrogens with two attached hydrogens (primary N) is 1. The summed E-state index contributed by atoms with van der Waals surface area (Å²) in [7, 11) is 0. The Hall–Kier alpha value is -3.42. The molecule has 9 nitrogen and oxygen atoms in total. The van der Waals surface area contributed by atoms with Crippen LogP contribution < -0.4 is 16.5 Å². The van der Waals surface area contributed by atoms with Gasteiger partial charge in [0.25, 0.3) is 5.91 Å². The zero-order valence-corrected chi connectivity index (χ0v) is 18.4. The largest absolute Gasteiger partial charge is 0.387 e. The van der Waals surface area contributed by atoms with Crippen LogP contribution in [0.25, 0.3) is 10.4 Å². The zero-order valence-electron chi connectivity index (χ0n) is 18.4. The van der Waals surface area contributed by atoms with Gasteiger partial charge < -0.3 is 11.1 Å². The molecule has 1 heterocycles. The predicted molar refractivity (Wildman–Crippen MR) is 124 cm³/mol. The number of dihydropyridines is 1. The Labute approximate surface area is 192 Å². The van der Waals surface area contributed by atoms with E-state index in [1.165, 1.54) is 16.7 Å². The molecule has 5 rings (SSSR count). The summed E-state index contributed by atoms with van der Waals surface area (Å²) in [6.45, 7) is 1.20. The molecule has 33 heavy (non-hydrogen) atoms. The minimum Gasteiger partial charge on any atom is -0.387 e. The van der Waals surface area contributed by atoms with E-state index in [1.54, 1.807) is 6.07 Å². The van der Waals surface area contributed by atoms with Crippen LogP contribution in [0.5, 0.6) is 0 Å². The summed E-state index contributed by atoms with van der Waals surface area (Å²) in [4.78, 5) is 15.3. The Balaban J connectivity index is 1.51. The van der Waals surface area contributed by atoms with Crippen molar-refractivity contribution in [3.05, 3.63) is 80.9 Å². The molecule has 0 bridgehead atoms. The van der Waals surface area contributed by atoms with Gasteiger partial charge in [0.05, 0.1) is 0 Å². The van der Waals surface area contributed by atoms with Gasteiger partial charge in [-0.1, -0.05) is 28.6 Å². The highest BCUT2D eigenvalue weighted by atomic mass is 16.2. The van der Waals surface area contributed by atoms with Gasteiger partial charge in [0.1, 0.15) is 0 Å². The van der Waals surface area contributed by atoms with Gasteiger partial charge in [0, 0.05) is 40.4 Å². The van der Waals surface area contributed by atoms with Crippen LogP contribution in [0.3, 0.4) is 0 Å². The molecule has 1 aliphatic heterocycles. The number of fused-ring (bicyclic) bond motifs is 5. The third-order valence-corrected chi connectivity index (χ3v) is 8.27. The van der Waals surface area contributed by atoms with Crippen molar-refractivity contribution < 1.29 is 4.79 Å². The number of hydrogen-bond donors (Lipinski definition) is 4. The summed E-state index contributed by atoms with van der Waals surface area (Å²) in [5, 5.41) is 10.4. The molecule has 170 valence electrons. The van der Waals surface area contributed by atoms with Gasteiger partial charge in [0.2, 0.25) is 0 Å². The number of hydrogen-bond acceptors (Lipinski definition) is 6. The van der Waals surface area contributed by atoms with E-state index in [9.17, 15) is 4.79 Å². The molecular weight excluding hydrogens is 416 g/mol. The third-order valence-electron chi connectivity index (χ3n) is 8.27. The maximum Gasteiger partial charge on any atom is 0.272 e. The molecular formula is C24H28N8O. The van der Waals surface area contributed by atoms with E-state index in [4.69, 9.17) is 16.8 Å². The lowest BCUT2D eigenvalue weighted by Gasteiger charge is -2.57. The van der Waals surface area contributed by atoms with E-state index in [0.717, 1.165) is 44.2 Å². The normalized spacial score (nSPS) is 31.5. The summed E-state index contributed by atoms with van der Waals surface area (Å²) in [6, 6.07) is 5.75. The topological polar surface area (TPSA) is 152 Å². The number of nitrogens with zero attached hydrogens (tertiary/aromatic N) is 4. The highest BCUT2D eigenvalue weighted by Gasteiger charge is 2.60. The first-order valence-corrected chi connectivity index (χ1v) is 11.4. The second-order valence-corrected chi connectivity index (χ2v) is 9.55. The lowest BCUT2D eigenvalue weighted by atomic mass is 9.49. The SMILES string of the molecule is [N-]=[N+]=NC[C@]12CCC3c4ccc(C(=O)NN=N)cc4CC[C@@]3(N)C1CC=C2C1=CC=CNC1. The first kappa shape index (κ1) is 21.4. The molecule has 9 heteroatoms. The van der Waals surface area contributed by atoms with Gasteiger partial charge in [-0.2, -0.15) is 5.53 Å². The fraction of sp³-hybridized carbons (Fsp3) is 0.458. The molecule has 2 unspecified atom stereocenters. The first-order valence-electron chi connectivity index (χ1n) is 11.4. The molecule has 0 saturated heterocycles. The maximum absolute atomic E-state index is 12.1. The van der Waals surface area contributed by atoms with Crippen molar-refractivity contribution in [1.82, 2.24) is 10.7 Å². The standard InChI is InChI=1S/C24H28N8O/c25-24-10-7-15-12-16(22(33)30-32-27)3-4-18(15)20(24)8-9-23(14-29-31-26)19(5-6-21(23)24)17-2-1-11-28-13-17/h1-5,11-12,20-21,28H,6-10,13-14,25H2,(H2,27,30,33)/t20?,21?,23-,24-/m0/s1. The highest BCUT2D eigenvalue weighted by molar-refractivity contribution is 5.94. The zero-order chi connectivity index (χ0) is 23.1. The lowest BCUT2D eigenvalue weighted by molar-refractivity contribution is 0.0415. The van der Waals surface area contributed by atoms with Crippen LogP contribution in [0.15, 0.2) is 64.1 Å². The third kappa shape index (κ3) is 3.27. The molecule has 1 aromatic rings. The van der Waals surface area contributed by atoms with Gasteiger partial charge in [-0.05, 0) is 90.2 Å². The van der Waals surface area contributed by atoms with E-state index in [0.29, 0.717) is 12.1 Å². The number of amides is 1. The summed E-state index contributed by atoms with van der Waals surface area (Å²) < 4.78 is 0. The molecule has 1 aromatic carbocycles. The fourth-order valence-electron chi connectivity index (χ4n) is 6.90. The first-order chi connectivity index (χ1) is 16.0. The van der Waals surface area contributed by atoms with Crippen molar-refractivity contribution >= 4 is 5.91 Å². The Morgan fingerprint density at radius 2 is 2.27 bits per heavy atom. The van der Waals surface area contributed by atoms with E-state index in [-0.39, 0.29) is 23.2 Å². The number of aryl methyl sites for hydroxylation is 1. The number of carbonyl (C=O) groups excluding carboxylic acids is 1. The van der Waals surface area contributed by atoms with Crippen molar-refractivity contribution in [3.63, 3.8) is 0 Å². The molecule has 1 saturated carbocycles. The van der Waals surface area contributed by atoms with Crippen molar-refractivity contribution in [2.45, 2.75) is 43.6 Å². The van der Waals surface area contributed by atoms with Crippen molar-refractivity contribution in [2.24, 2.45) is 27.4 Å². The van der Waals surface area contributed by atoms with Crippen LogP contribution in [0.4, 0.5) is 0 Å². The van der Waals surface area contributed by atoms with E-state index < -0.39 is 5.54 Å².